The smallest absolute Gasteiger partial charge is 0.410 e. The molecule has 0 radical (unpaired) electrons. The number of amides is 1. The SMILES string of the molecule is CN(C)C1CCN(C(=O)Oc2ccc3c(c2)C[C@@H](CCCS(=O)CCCC(F)(F)C(F)(F)F)[C@@H]2[C@@H]3CC[C@]3(C)C(=O)C(F)C[C@@H]23)CC1. The normalized spacial score (nSPS) is 30.6. The summed E-state index contributed by atoms with van der Waals surface area (Å²) in [7, 11) is 2.50. The lowest BCUT2D eigenvalue weighted by atomic mass is 9.52. The van der Waals surface area contributed by atoms with Gasteiger partial charge in [0.25, 0.3) is 0 Å². The van der Waals surface area contributed by atoms with Crippen LogP contribution in [-0.2, 0) is 22.0 Å². The quantitative estimate of drug-likeness (QED) is 0.241. The summed E-state index contributed by atoms with van der Waals surface area (Å²) in [5.74, 6) is -4.84. The van der Waals surface area contributed by atoms with Crippen LogP contribution in [0.25, 0.3) is 0 Å². The maximum absolute atomic E-state index is 14.9. The van der Waals surface area contributed by atoms with Gasteiger partial charge in [0.1, 0.15) is 5.75 Å². The molecule has 0 aromatic heterocycles. The Kier molecular flexibility index (Phi) is 10.8. The predicted molar refractivity (Wildman–Crippen MR) is 167 cm³/mol. The zero-order valence-corrected chi connectivity index (χ0v) is 28.1. The van der Waals surface area contributed by atoms with Crippen LogP contribution in [0, 0.1) is 23.2 Å². The highest BCUT2D eigenvalue weighted by molar-refractivity contribution is 7.84. The van der Waals surface area contributed by atoms with E-state index in [4.69, 9.17) is 4.74 Å². The van der Waals surface area contributed by atoms with Crippen LogP contribution in [-0.4, -0.2) is 88.9 Å². The second kappa shape index (κ2) is 14.0. The number of likely N-dealkylation sites (tertiary alicyclic amines) is 1. The topological polar surface area (TPSA) is 66.9 Å². The maximum Gasteiger partial charge on any atom is 0.453 e. The molecule has 3 fully saturated rings. The monoisotopic (exact) mass is 692 g/mol. The van der Waals surface area contributed by atoms with Gasteiger partial charge < -0.3 is 14.5 Å². The van der Waals surface area contributed by atoms with E-state index < -0.39 is 53.4 Å². The first-order chi connectivity index (χ1) is 22.0. The molecule has 4 aliphatic rings. The van der Waals surface area contributed by atoms with Crippen LogP contribution in [0.2, 0.25) is 0 Å². The van der Waals surface area contributed by atoms with E-state index in [2.05, 4.69) is 4.90 Å². The van der Waals surface area contributed by atoms with Crippen molar-refractivity contribution in [3.8, 4) is 5.75 Å². The molecule has 5 rings (SSSR count). The van der Waals surface area contributed by atoms with Gasteiger partial charge >= 0.3 is 18.2 Å². The van der Waals surface area contributed by atoms with Gasteiger partial charge in [-0.2, -0.15) is 22.0 Å². The molecule has 1 aliphatic heterocycles. The van der Waals surface area contributed by atoms with Gasteiger partial charge in [-0.1, -0.05) is 13.0 Å². The fourth-order valence-electron chi connectivity index (χ4n) is 8.80. The molecule has 3 aliphatic carbocycles. The Balaban J connectivity index is 1.27. The van der Waals surface area contributed by atoms with Crippen molar-refractivity contribution in [2.45, 2.75) is 101 Å². The summed E-state index contributed by atoms with van der Waals surface area (Å²) < 4.78 is 97.3. The van der Waals surface area contributed by atoms with Crippen LogP contribution < -0.4 is 4.74 Å². The molecule has 0 N–H and O–H groups in total. The summed E-state index contributed by atoms with van der Waals surface area (Å²) in [6.45, 7) is 3.09. The molecule has 7 atom stereocenters. The van der Waals surface area contributed by atoms with E-state index >= 15 is 0 Å². The number of hydrogen-bond acceptors (Lipinski definition) is 5. The minimum atomic E-state index is -5.63. The summed E-state index contributed by atoms with van der Waals surface area (Å²) in [5.41, 5.74) is 1.38. The number of ketones is 1. The average molecular weight is 693 g/mol. The first-order valence-electron chi connectivity index (χ1n) is 16.8. The van der Waals surface area contributed by atoms with E-state index in [9.17, 15) is 40.1 Å². The van der Waals surface area contributed by atoms with Gasteiger partial charge in [0.05, 0.1) is 0 Å². The molecule has 2 saturated carbocycles. The third kappa shape index (κ3) is 7.55. The van der Waals surface area contributed by atoms with Gasteiger partial charge in [0.2, 0.25) is 0 Å². The third-order valence-electron chi connectivity index (χ3n) is 11.5. The fourth-order valence-corrected chi connectivity index (χ4v) is 9.96. The largest absolute Gasteiger partial charge is 0.453 e. The van der Waals surface area contributed by atoms with Gasteiger partial charge in [-0.15, -0.1) is 0 Å². The lowest BCUT2D eigenvalue weighted by molar-refractivity contribution is -0.284. The number of nitrogens with zero attached hydrogens (tertiary/aromatic N) is 2. The molecule has 6 nitrogen and oxygen atoms in total. The second-order valence-electron chi connectivity index (χ2n) is 14.5. The van der Waals surface area contributed by atoms with Crippen molar-refractivity contribution in [2.24, 2.45) is 23.2 Å². The average Bonchev–Trinajstić information content (AvgIpc) is 3.24. The van der Waals surface area contributed by atoms with Crippen molar-refractivity contribution in [2.75, 3.05) is 38.7 Å². The molecule has 264 valence electrons. The van der Waals surface area contributed by atoms with Crippen molar-refractivity contribution in [1.29, 1.82) is 0 Å². The van der Waals surface area contributed by atoms with Gasteiger partial charge in [-0.05, 0) is 119 Å². The van der Waals surface area contributed by atoms with E-state index in [1.807, 2.05) is 33.2 Å². The Hall–Kier alpha value is -2.15. The van der Waals surface area contributed by atoms with Crippen molar-refractivity contribution < 1.29 is 44.9 Å². The molecule has 0 spiro atoms. The summed E-state index contributed by atoms with van der Waals surface area (Å²) in [5, 5.41) is 0. The highest BCUT2D eigenvalue weighted by atomic mass is 32.2. The van der Waals surface area contributed by atoms with Crippen LogP contribution >= 0.6 is 0 Å². The number of ether oxygens (including phenoxy) is 1. The first-order valence-corrected chi connectivity index (χ1v) is 18.2. The van der Waals surface area contributed by atoms with E-state index in [0.717, 1.165) is 24.0 Å². The van der Waals surface area contributed by atoms with Gasteiger partial charge in [-0.3, -0.25) is 9.00 Å². The van der Waals surface area contributed by atoms with Crippen LogP contribution in [0.5, 0.6) is 5.75 Å². The Morgan fingerprint density at radius 2 is 1.77 bits per heavy atom. The van der Waals surface area contributed by atoms with Crippen molar-refractivity contribution in [3.63, 3.8) is 0 Å². The third-order valence-corrected chi connectivity index (χ3v) is 12.9. The van der Waals surface area contributed by atoms with Crippen LogP contribution in [0.15, 0.2) is 18.2 Å². The number of benzene rings is 1. The lowest BCUT2D eigenvalue weighted by Crippen LogP contribution is -2.46. The zero-order chi connectivity index (χ0) is 34.3. The number of alkyl halides is 6. The molecule has 2 unspecified atom stereocenters. The molecular weight excluding hydrogens is 646 g/mol. The van der Waals surface area contributed by atoms with Crippen LogP contribution in [0.1, 0.15) is 81.8 Å². The van der Waals surface area contributed by atoms with Gasteiger partial charge in [-0.25, -0.2) is 9.18 Å². The highest BCUT2D eigenvalue weighted by Crippen LogP contribution is 2.62. The lowest BCUT2D eigenvalue weighted by Gasteiger charge is -2.51. The van der Waals surface area contributed by atoms with Crippen molar-refractivity contribution in [1.82, 2.24) is 9.80 Å². The molecule has 13 heteroatoms. The standard InChI is InChI=1S/C34H46F6N2O4S/c1-32-13-9-26-25-8-7-24(46-31(44)42-14-10-23(11-15-42)41(2)3)19-22(25)18-21(29(26)27(32)20-28(35)30(32)43)6-4-16-47(45)17-5-12-33(36,37)34(38,39)40/h7-8,19,21,23,26-29H,4-6,9-18,20H2,1-3H3/t21-,26-,27+,28?,29-,32+,47?/m1/s1. The molecule has 0 bridgehead atoms. The minimum absolute atomic E-state index is 0.0104. The highest BCUT2D eigenvalue weighted by Gasteiger charge is 2.60. The molecule has 1 aromatic rings. The van der Waals surface area contributed by atoms with Gasteiger partial charge in [0.15, 0.2) is 12.0 Å². The summed E-state index contributed by atoms with van der Waals surface area (Å²) in [4.78, 5) is 29.8. The number of fused-ring (bicyclic) bond motifs is 5. The molecular formula is C34H46F6N2O4S. The minimum Gasteiger partial charge on any atom is -0.410 e. The molecule has 1 aromatic carbocycles. The van der Waals surface area contributed by atoms with Gasteiger partial charge in [0, 0.05) is 53.3 Å². The number of carbonyl (C=O) groups excluding carboxylic acids is 2. The number of Topliss-reactive ketones (excluding diaryl/α,β-unsaturated/α-hetero) is 1. The summed E-state index contributed by atoms with van der Waals surface area (Å²) in [6, 6.07) is 6.11. The molecule has 1 saturated heterocycles. The number of rotatable bonds is 10. The maximum atomic E-state index is 14.9. The Bertz CT molecular complexity index is 1330. The zero-order valence-electron chi connectivity index (χ0n) is 27.3. The fraction of sp³-hybridized carbons (Fsp3) is 0.765. The Morgan fingerprint density at radius 3 is 2.43 bits per heavy atom. The molecule has 1 amide bonds. The Labute approximate surface area is 275 Å². The summed E-state index contributed by atoms with van der Waals surface area (Å²) >= 11 is 0. The van der Waals surface area contributed by atoms with E-state index in [0.29, 0.717) is 57.0 Å². The van der Waals surface area contributed by atoms with Crippen molar-refractivity contribution in [3.05, 3.63) is 29.3 Å². The first kappa shape index (κ1) is 36.1. The molecule has 47 heavy (non-hydrogen) atoms. The molecule has 1 heterocycles. The number of piperidine rings is 1. The predicted octanol–water partition coefficient (Wildman–Crippen LogP) is 7.32. The van der Waals surface area contributed by atoms with Crippen LogP contribution in [0.4, 0.5) is 31.1 Å². The Morgan fingerprint density at radius 1 is 1.09 bits per heavy atom. The van der Waals surface area contributed by atoms with E-state index in [1.165, 1.54) is 0 Å². The number of carbonyl (C=O) groups is 2. The van der Waals surface area contributed by atoms with Crippen LogP contribution in [0.3, 0.4) is 0 Å². The van der Waals surface area contributed by atoms with E-state index in [1.54, 1.807) is 11.0 Å². The van der Waals surface area contributed by atoms with E-state index in [-0.39, 0.29) is 47.4 Å². The number of hydrogen-bond donors (Lipinski definition) is 0. The second-order valence-corrected chi connectivity index (χ2v) is 16.2. The number of halogens is 6. The van der Waals surface area contributed by atoms with Crippen molar-refractivity contribution >= 4 is 22.7 Å². The summed E-state index contributed by atoms with van der Waals surface area (Å²) in [6.07, 6.45) is -4.59.